The maximum absolute atomic E-state index is 12.1. The quantitative estimate of drug-likeness (QED) is 0.843. The van der Waals surface area contributed by atoms with Gasteiger partial charge in [-0.2, -0.15) is 0 Å². The predicted octanol–water partition coefficient (Wildman–Crippen LogP) is 3.49. The molecule has 0 bridgehead atoms. The van der Waals surface area contributed by atoms with Gasteiger partial charge in [0.15, 0.2) is 0 Å². The van der Waals surface area contributed by atoms with E-state index in [0.29, 0.717) is 5.92 Å². The Bertz CT molecular complexity index is 508. The van der Waals surface area contributed by atoms with Gasteiger partial charge in [0, 0.05) is 6.04 Å². The zero-order valence-electron chi connectivity index (χ0n) is 13.8. The van der Waals surface area contributed by atoms with E-state index in [1.165, 1.54) is 18.2 Å². The Morgan fingerprint density at radius 2 is 2.05 bits per heavy atom. The normalized spacial score (nSPS) is 21.1. The van der Waals surface area contributed by atoms with Crippen LogP contribution in [-0.2, 0) is 16.0 Å². The van der Waals surface area contributed by atoms with Gasteiger partial charge in [-0.25, -0.2) is 0 Å². The fourth-order valence-electron chi connectivity index (χ4n) is 3.35. The third-order valence-corrected chi connectivity index (χ3v) is 4.35. The van der Waals surface area contributed by atoms with E-state index in [1.54, 1.807) is 0 Å². The molecule has 1 aromatic carbocycles. The Hall–Kier alpha value is -1.35. The van der Waals surface area contributed by atoms with Crippen LogP contribution in [0, 0.1) is 11.3 Å². The van der Waals surface area contributed by atoms with Crippen molar-refractivity contribution < 1.29 is 9.53 Å². The number of esters is 1. The second kappa shape index (κ2) is 6.18. The summed E-state index contributed by atoms with van der Waals surface area (Å²) in [4.78, 5) is 12.1. The number of ether oxygens (including phenoxy) is 1. The third-order valence-electron chi connectivity index (χ3n) is 4.35. The van der Waals surface area contributed by atoms with Crippen LogP contribution < -0.4 is 5.32 Å². The van der Waals surface area contributed by atoms with E-state index in [9.17, 15) is 4.79 Å². The first-order chi connectivity index (χ1) is 9.85. The van der Waals surface area contributed by atoms with Gasteiger partial charge in [0.05, 0.1) is 7.11 Å². The largest absolute Gasteiger partial charge is 0.468 e. The van der Waals surface area contributed by atoms with Crippen molar-refractivity contribution in [1.29, 1.82) is 0 Å². The Morgan fingerprint density at radius 1 is 1.38 bits per heavy atom. The Morgan fingerprint density at radius 3 is 2.67 bits per heavy atom. The van der Waals surface area contributed by atoms with E-state index in [4.69, 9.17) is 4.74 Å². The van der Waals surface area contributed by atoms with E-state index in [0.717, 1.165) is 12.8 Å². The van der Waals surface area contributed by atoms with Crippen LogP contribution in [0.1, 0.15) is 51.3 Å². The molecule has 3 heteroatoms. The van der Waals surface area contributed by atoms with Gasteiger partial charge in [0.25, 0.3) is 0 Å². The second-order valence-corrected chi connectivity index (χ2v) is 7.17. The Balaban J connectivity index is 2.24. The predicted molar refractivity (Wildman–Crippen MR) is 85.1 cm³/mol. The highest BCUT2D eigenvalue weighted by atomic mass is 16.5. The van der Waals surface area contributed by atoms with Crippen LogP contribution in [0.3, 0.4) is 0 Å². The fraction of sp³-hybridized carbons (Fsp3) is 0.611. The third kappa shape index (κ3) is 3.46. The maximum atomic E-state index is 12.1. The fourth-order valence-corrected chi connectivity index (χ4v) is 3.35. The van der Waals surface area contributed by atoms with Gasteiger partial charge >= 0.3 is 5.97 Å². The molecule has 2 unspecified atom stereocenters. The lowest BCUT2D eigenvalue weighted by Crippen LogP contribution is -2.44. The van der Waals surface area contributed by atoms with Crippen LogP contribution in [0.4, 0.5) is 0 Å². The first-order valence-corrected chi connectivity index (χ1v) is 7.77. The summed E-state index contributed by atoms with van der Waals surface area (Å²) in [6, 6.07) is 8.47. The number of benzene rings is 1. The number of methoxy groups -OCH3 is 1. The summed E-state index contributed by atoms with van der Waals surface area (Å²) in [6.45, 7) is 8.78. The average molecular weight is 289 g/mol. The smallest absolute Gasteiger partial charge is 0.322 e. The summed E-state index contributed by atoms with van der Waals surface area (Å²) in [5.74, 6) is 0.283. The molecule has 1 aliphatic rings. The van der Waals surface area contributed by atoms with Gasteiger partial charge in [-0.15, -0.1) is 0 Å². The molecule has 0 heterocycles. The minimum absolute atomic E-state index is 0.104. The summed E-state index contributed by atoms with van der Waals surface area (Å²) in [5.41, 5.74) is 2.81. The van der Waals surface area contributed by atoms with E-state index in [1.807, 2.05) is 0 Å². The molecule has 1 aromatic rings. The van der Waals surface area contributed by atoms with Crippen molar-refractivity contribution in [1.82, 2.24) is 5.32 Å². The van der Waals surface area contributed by atoms with Gasteiger partial charge in [0.1, 0.15) is 6.04 Å². The lowest BCUT2D eigenvalue weighted by atomic mass is 9.84. The molecule has 0 aromatic heterocycles. The lowest BCUT2D eigenvalue weighted by Gasteiger charge is -2.32. The molecular weight excluding hydrogens is 262 g/mol. The van der Waals surface area contributed by atoms with Gasteiger partial charge in [-0.3, -0.25) is 10.1 Å². The van der Waals surface area contributed by atoms with Gasteiger partial charge < -0.3 is 4.74 Å². The molecule has 1 N–H and O–H groups in total. The van der Waals surface area contributed by atoms with E-state index in [-0.39, 0.29) is 23.5 Å². The van der Waals surface area contributed by atoms with Crippen molar-refractivity contribution in [3.8, 4) is 0 Å². The van der Waals surface area contributed by atoms with Crippen LogP contribution in [0.2, 0.25) is 0 Å². The Labute approximate surface area is 128 Å². The second-order valence-electron chi connectivity index (χ2n) is 7.17. The van der Waals surface area contributed by atoms with Crippen molar-refractivity contribution in [2.24, 2.45) is 11.3 Å². The zero-order chi connectivity index (χ0) is 15.6. The highest BCUT2D eigenvalue weighted by Crippen LogP contribution is 2.45. The van der Waals surface area contributed by atoms with Crippen molar-refractivity contribution in [3.05, 3.63) is 35.4 Å². The number of carbonyl (C=O) groups is 1. The molecule has 2 atom stereocenters. The number of fused-ring (bicyclic) bond motifs is 1. The van der Waals surface area contributed by atoms with E-state index < -0.39 is 0 Å². The molecule has 1 aliphatic carbocycles. The SMILES string of the molecule is COC(=O)C(CC(C)C)NC1c2ccccc2CC1(C)C. The summed E-state index contributed by atoms with van der Waals surface area (Å²) in [7, 11) is 1.46. The molecule has 0 saturated carbocycles. The minimum atomic E-state index is -0.245. The number of rotatable bonds is 5. The number of hydrogen-bond donors (Lipinski definition) is 1. The van der Waals surface area contributed by atoms with E-state index >= 15 is 0 Å². The van der Waals surface area contributed by atoms with Crippen LogP contribution >= 0.6 is 0 Å². The van der Waals surface area contributed by atoms with Crippen LogP contribution in [-0.4, -0.2) is 19.1 Å². The highest BCUT2D eigenvalue weighted by Gasteiger charge is 2.40. The topological polar surface area (TPSA) is 38.3 Å². The minimum Gasteiger partial charge on any atom is -0.468 e. The molecule has 116 valence electrons. The average Bonchev–Trinajstić information content (AvgIpc) is 2.67. The van der Waals surface area contributed by atoms with Crippen molar-refractivity contribution in [2.75, 3.05) is 7.11 Å². The van der Waals surface area contributed by atoms with Gasteiger partial charge in [-0.05, 0) is 35.3 Å². The zero-order valence-corrected chi connectivity index (χ0v) is 13.8. The van der Waals surface area contributed by atoms with Crippen LogP contribution in [0.25, 0.3) is 0 Å². The van der Waals surface area contributed by atoms with Gasteiger partial charge in [0.2, 0.25) is 0 Å². The highest BCUT2D eigenvalue weighted by molar-refractivity contribution is 5.75. The van der Waals surface area contributed by atoms with Crippen molar-refractivity contribution in [3.63, 3.8) is 0 Å². The van der Waals surface area contributed by atoms with Gasteiger partial charge in [-0.1, -0.05) is 52.0 Å². The summed E-state index contributed by atoms with van der Waals surface area (Å²) < 4.78 is 4.98. The Kier molecular flexibility index (Phi) is 4.72. The molecule has 0 saturated heterocycles. The molecule has 0 amide bonds. The first kappa shape index (κ1) is 16.0. The molecular formula is C18H27NO2. The summed E-state index contributed by atoms with van der Waals surface area (Å²) in [6.07, 6.45) is 1.83. The molecule has 0 spiro atoms. The monoisotopic (exact) mass is 289 g/mol. The summed E-state index contributed by atoms with van der Waals surface area (Å²) in [5, 5.41) is 3.57. The number of hydrogen-bond acceptors (Lipinski definition) is 3. The number of nitrogens with one attached hydrogen (secondary N) is 1. The van der Waals surface area contributed by atoms with Crippen LogP contribution in [0.5, 0.6) is 0 Å². The molecule has 2 rings (SSSR count). The summed E-state index contributed by atoms with van der Waals surface area (Å²) >= 11 is 0. The van der Waals surface area contributed by atoms with E-state index in [2.05, 4.69) is 57.3 Å². The van der Waals surface area contributed by atoms with Crippen molar-refractivity contribution in [2.45, 2.75) is 52.6 Å². The molecule has 0 fully saturated rings. The molecule has 21 heavy (non-hydrogen) atoms. The molecule has 0 radical (unpaired) electrons. The molecule has 0 aliphatic heterocycles. The van der Waals surface area contributed by atoms with Crippen molar-refractivity contribution >= 4 is 5.97 Å². The maximum Gasteiger partial charge on any atom is 0.322 e. The van der Waals surface area contributed by atoms with Crippen LogP contribution in [0.15, 0.2) is 24.3 Å². The molecule has 3 nitrogen and oxygen atoms in total. The number of carbonyl (C=O) groups excluding carboxylic acids is 1. The standard InChI is InChI=1S/C18H27NO2/c1-12(2)10-15(17(20)21-5)19-16-14-9-7-6-8-13(14)11-18(16,3)4/h6-9,12,15-16,19H,10-11H2,1-5H3. The lowest BCUT2D eigenvalue weighted by molar-refractivity contribution is -0.144. The first-order valence-electron chi connectivity index (χ1n) is 7.77.